The lowest BCUT2D eigenvalue weighted by molar-refractivity contribution is -0.116. The van der Waals surface area contributed by atoms with E-state index in [1.54, 1.807) is 20.8 Å². The highest BCUT2D eigenvalue weighted by Gasteiger charge is 2.26. The summed E-state index contributed by atoms with van der Waals surface area (Å²) in [6, 6.07) is 0. The van der Waals surface area contributed by atoms with Gasteiger partial charge in [0.2, 0.25) is 5.91 Å². The van der Waals surface area contributed by atoms with E-state index < -0.39 is 24.0 Å². The lowest BCUT2D eigenvalue weighted by Gasteiger charge is -2.08. The van der Waals surface area contributed by atoms with Gasteiger partial charge in [-0.15, -0.1) is 11.3 Å². The second-order valence-corrected chi connectivity index (χ2v) is 7.64. The zero-order valence-corrected chi connectivity index (χ0v) is 18.0. The maximum Gasteiger partial charge on any atom is 0.341 e. The second kappa shape index (κ2) is 8.91. The summed E-state index contributed by atoms with van der Waals surface area (Å²) < 4.78 is 32.2. The van der Waals surface area contributed by atoms with E-state index in [9.17, 15) is 23.2 Å². The Morgan fingerprint density at radius 3 is 2.46 bits per heavy atom. The summed E-state index contributed by atoms with van der Waals surface area (Å²) in [6.45, 7) is 5.93. The summed E-state index contributed by atoms with van der Waals surface area (Å²) in [4.78, 5) is 36.8. The first-order valence-corrected chi connectivity index (χ1v) is 9.81. The first-order chi connectivity index (χ1) is 13.1. The van der Waals surface area contributed by atoms with Gasteiger partial charge in [-0.05, 0) is 49.2 Å². The Morgan fingerprint density at radius 2 is 1.96 bits per heavy atom. The highest BCUT2D eigenvalue weighted by atomic mass is 79.9. The Kier molecular flexibility index (Phi) is 7.05. The van der Waals surface area contributed by atoms with E-state index in [1.807, 2.05) is 0 Å². The number of carbonyl (C=O) groups is 3. The minimum Gasteiger partial charge on any atom is -0.462 e. The van der Waals surface area contributed by atoms with Gasteiger partial charge < -0.3 is 10.1 Å². The molecule has 0 spiro atoms. The van der Waals surface area contributed by atoms with Gasteiger partial charge in [-0.2, -0.15) is 5.10 Å². The third-order valence-corrected chi connectivity index (χ3v) is 6.15. The van der Waals surface area contributed by atoms with Crippen LogP contribution in [0.3, 0.4) is 0 Å². The van der Waals surface area contributed by atoms with Crippen molar-refractivity contribution in [3.05, 3.63) is 31.9 Å². The van der Waals surface area contributed by atoms with Crippen LogP contribution in [0.25, 0.3) is 0 Å². The number of carbonyl (C=O) groups excluding carboxylic acids is 3. The number of esters is 1. The highest BCUT2D eigenvalue weighted by Crippen LogP contribution is 2.34. The molecule has 0 saturated heterocycles. The third kappa shape index (κ3) is 4.46. The van der Waals surface area contributed by atoms with Gasteiger partial charge in [-0.3, -0.25) is 14.3 Å². The molecule has 0 radical (unpaired) electrons. The van der Waals surface area contributed by atoms with Crippen LogP contribution in [-0.2, 0) is 16.1 Å². The van der Waals surface area contributed by atoms with Gasteiger partial charge in [-0.1, -0.05) is 0 Å². The Hall–Kier alpha value is -2.14. The molecule has 1 amide bonds. The van der Waals surface area contributed by atoms with Crippen LogP contribution in [0.5, 0.6) is 0 Å². The van der Waals surface area contributed by atoms with Crippen molar-refractivity contribution in [2.45, 2.75) is 40.7 Å². The number of ketones is 1. The maximum absolute atomic E-state index is 13.0. The van der Waals surface area contributed by atoms with Crippen LogP contribution < -0.4 is 5.32 Å². The number of nitrogens with zero attached hydrogens (tertiary/aromatic N) is 2. The number of anilines is 1. The van der Waals surface area contributed by atoms with E-state index in [-0.39, 0.29) is 34.0 Å². The van der Waals surface area contributed by atoms with E-state index in [0.717, 1.165) is 16.0 Å². The zero-order valence-electron chi connectivity index (χ0n) is 15.6. The summed E-state index contributed by atoms with van der Waals surface area (Å²) in [7, 11) is 0. The van der Waals surface area contributed by atoms with Crippen LogP contribution >= 0.6 is 27.3 Å². The van der Waals surface area contributed by atoms with Crippen molar-refractivity contribution < 1.29 is 27.9 Å². The Balaban J connectivity index is 2.31. The van der Waals surface area contributed by atoms with Gasteiger partial charge in [0.05, 0.1) is 27.2 Å². The van der Waals surface area contributed by atoms with E-state index >= 15 is 0 Å². The predicted molar refractivity (Wildman–Crippen MR) is 103 cm³/mol. The first kappa shape index (κ1) is 22.2. The molecule has 0 aliphatic carbocycles. The SMILES string of the molecule is CCOC(=O)c1c(NC(=O)Cn2nc(C(F)F)c(Br)c2C)sc(C(C)=O)c1C. The summed E-state index contributed by atoms with van der Waals surface area (Å²) in [5.74, 6) is -1.49. The largest absolute Gasteiger partial charge is 0.462 e. The minimum absolute atomic E-state index is 0.108. The fraction of sp³-hybridized carbons (Fsp3) is 0.412. The number of thiophene rings is 1. The summed E-state index contributed by atoms with van der Waals surface area (Å²) in [5.41, 5.74) is 0.437. The standard InChI is InChI=1S/C17H18BrF2N3O4S/c1-5-27-17(26)11-7(2)14(9(4)24)28-16(11)21-10(25)6-23-8(3)12(18)13(22-23)15(19)20/h15H,5-6H2,1-4H3,(H,21,25). The van der Waals surface area contributed by atoms with E-state index in [2.05, 4.69) is 26.3 Å². The van der Waals surface area contributed by atoms with Gasteiger partial charge in [0.25, 0.3) is 6.43 Å². The zero-order chi connectivity index (χ0) is 21.2. The Morgan fingerprint density at radius 1 is 1.32 bits per heavy atom. The molecule has 0 bridgehead atoms. The number of hydrogen-bond donors (Lipinski definition) is 1. The van der Waals surface area contributed by atoms with Crippen LogP contribution in [0.2, 0.25) is 0 Å². The lowest BCUT2D eigenvalue weighted by atomic mass is 10.1. The van der Waals surface area contributed by atoms with Crippen LogP contribution in [0, 0.1) is 13.8 Å². The number of Topliss-reactive ketones (excluding diaryl/α,β-unsaturated/α-hetero) is 1. The lowest BCUT2D eigenvalue weighted by Crippen LogP contribution is -2.21. The normalized spacial score (nSPS) is 11.0. The number of amides is 1. The molecular formula is C17H18BrF2N3O4S. The van der Waals surface area contributed by atoms with Gasteiger partial charge in [-0.25, -0.2) is 13.6 Å². The van der Waals surface area contributed by atoms with Crippen molar-refractivity contribution in [1.29, 1.82) is 0 Å². The molecule has 11 heteroatoms. The second-order valence-electron chi connectivity index (χ2n) is 5.83. The molecule has 2 rings (SSSR count). The van der Waals surface area contributed by atoms with Gasteiger partial charge in [0.15, 0.2) is 5.78 Å². The molecule has 2 aromatic heterocycles. The topological polar surface area (TPSA) is 90.3 Å². The summed E-state index contributed by atoms with van der Waals surface area (Å²) in [5, 5.41) is 6.48. The summed E-state index contributed by atoms with van der Waals surface area (Å²) >= 11 is 4.01. The number of halogens is 3. The molecule has 0 saturated carbocycles. The van der Waals surface area contributed by atoms with Crippen molar-refractivity contribution in [2.24, 2.45) is 0 Å². The van der Waals surface area contributed by atoms with E-state index in [0.29, 0.717) is 16.1 Å². The molecule has 0 atom stereocenters. The molecule has 0 aliphatic rings. The Labute approximate surface area is 172 Å². The average molecular weight is 478 g/mol. The molecule has 0 unspecified atom stereocenters. The van der Waals surface area contributed by atoms with Gasteiger partial charge >= 0.3 is 5.97 Å². The molecule has 2 heterocycles. The molecule has 0 aromatic carbocycles. The van der Waals surface area contributed by atoms with Crippen molar-refractivity contribution >= 4 is 49.9 Å². The van der Waals surface area contributed by atoms with Gasteiger partial charge in [0.1, 0.15) is 17.2 Å². The molecule has 1 N–H and O–H groups in total. The number of ether oxygens (including phenoxy) is 1. The number of aromatic nitrogens is 2. The predicted octanol–water partition coefficient (Wildman–Crippen LogP) is 4.28. The summed E-state index contributed by atoms with van der Waals surface area (Å²) in [6.07, 6.45) is -2.79. The van der Waals surface area contributed by atoms with Crippen molar-refractivity contribution in [3.63, 3.8) is 0 Å². The monoisotopic (exact) mass is 477 g/mol. The molecule has 7 nitrogen and oxygen atoms in total. The third-order valence-electron chi connectivity index (χ3n) is 3.86. The number of alkyl halides is 2. The van der Waals surface area contributed by atoms with Gasteiger partial charge in [0, 0.05) is 0 Å². The van der Waals surface area contributed by atoms with Crippen LogP contribution in [0.1, 0.15) is 57.3 Å². The molecule has 0 fully saturated rings. The average Bonchev–Trinajstić information content (AvgIpc) is 3.06. The van der Waals surface area contributed by atoms with E-state index in [1.165, 1.54) is 6.92 Å². The molecule has 28 heavy (non-hydrogen) atoms. The van der Waals surface area contributed by atoms with Crippen LogP contribution in [0.15, 0.2) is 4.47 Å². The van der Waals surface area contributed by atoms with Crippen molar-refractivity contribution in [2.75, 3.05) is 11.9 Å². The smallest absolute Gasteiger partial charge is 0.341 e. The molecule has 152 valence electrons. The molecular weight excluding hydrogens is 460 g/mol. The van der Waals surface area contributed by atoms with Crippen LogP contribution in [-0.4, -0.2) is 34.0 Å². The number of nitrogens with one attached hydrogen (secondary N) is 1. The maximum atomic E-state index is 13.0. The number of hydrogen-bond acceptors (Lipinski definition) is 6. The van der Waals surface area contributed by atoms with E-state index in [4.69, 9.17) is 4.74 Å². The molecule has 2 aromatic rings. The van der Waals surface area contributed by atoms with Crippen LogP contribution in [0.4, 0.5) is 13.8 Å². The molecule has 0 aliphatic heterocycles. The highest BCUT2D eigenvalue weighted by molar-refractivity contribution is 9.10. The Bertz CT molecular complexity index is 939. The van der Waals surface area contributed by atoms with Crippen molar-refractivity contribution in [3.8, 4) is 0 Å². The fourth-order valence-electron chi connectivity index (χ4n) is 2.53. The fourth-order valence-corrected chi connectivity index (χ4v) is 4.09. The van der Waals surface area contributed by atoms with Crippen molar-refractivity contribution in [1.82, 2.24) is 9.78 Å². The first-order valence-electron chi connectivity index (χ1n) is 8.20. The minimum atomic E-state index is -2.79. The quantitative estimate of drug-likeness (QED) is 0.474. The number of rotatable bonds is 7.